The molecule has 0 radical (unpaired) electrons. The highest BCUT2D eigenvalue weighted by Gasteiger charge is 2.52. The maximum Gasteiger partial charge on any atom is 0.249 e. The summed E-state index contributed by atoms with van der Waals surface area (Å²) in [5, 5.41) is 10.4. The zero-order valence-electron chi connectivity index (χ0n) is 21.1. The molecule has 3 saturated heterocycles. The van der Waals surface area contributed by atoms with Crippen LogP contribution in [0, 0.1) is 5.92 Å². The number of piperazine rings is 1. The van der Waals surface area contributed by atoms with Gasteiger partial charge in [0.1, 0.15) is 24.9 Å². The number of benzene rings is 1. The number of rotatable bonds is 7. The number of hydrogen-bond donors (Lipinski definition) is 2. The van der Waals surface area contributed by atoms with E-state index in [0.29, 0.717) is 23.6 Å². The summed E-state index contributed by atoms with van der Waals surface area (Å²) >= 11 is 0. The second-order valence-electron chi connectivity index (χ2n) is 10.7. The molecule has 35 heavy (non-hydrogen) atoms. The van der Waals surface area contributed by atoms with Gasteiger partial charge >= 0.3 is 0 Å². The van der Waals surface area contributed by atoms with E-state index in [4.69, 9.17) is 10.5 Å². The lowest BCUT2D eigenvalue weighted by molar-refractivity contribution is -0.138. The summed E-state index contributed by atoms with van der Waals surface area (Å²) in [5.41, 5.74) is 7.61. The number of β-amino-alcohol motifs (C(OH)–C–C–N with tert-alkyl or cyclic N) is 1. The zero-order chi connectivity index (χ0) is 25.4. The zero-order valence-corrected chi connectivity index (χ0v) is 21.1. The number of aliphatic hydroxyl groups is 1. The van der Waals surface area contributed by atoms with E-state index in [0.717, 1.165) is 31.9 Å². The quantitative estimate of drug-likeness (QED) is 0.590. The number of hydrogen-bond acceptors (Lipinski definition) is 7. The lowest BCUT2D eigenvalue weighted by Crippen LogP contribution is -2.49. The van der Waals surface area contributed by atoms with Gasteiger partial charge in [0.25, 0.3) is 0 Å². The Morgan fingerprint density at radius 1 is 1.14 bits per heavy atom. The van der Waals surface area contributed by atoms with Crippen LogP contribution in [0.25, 0.3) is 0 Å². The standard InChI is InChI=1S/C26H38N4O5/c1-15(2)11-20(26(34)30-13-21(31)24-23(30)22(32)14-35-24)19-12-17(5-6-18(19)25(27)33)29-9-7-28(8-10-29)16(3)4/h5-6,12,15-16,20-21,23-24,31H,7-11,13-14H2,1-4H3,(H2,27,33)/t20-,21+,23+,24+/m0/s1. The first kappa shape index (κ1) is 25.6. The third kappa shape index (κ3) is 5.08. The Bertz CT molecular complexity index is 972. The Hall–Kier alpha value is -2.49. The topological polar surface area (TPSA) is 116 Å². The second kappa shape index (κ2) is 10.2. The maximum atomic E-state index is 13.9. The molecule has 1 aromatic rings. The molecule has 3 heterocycles. The Labute approximate surface area is 207 Å². The van der Waals surface area contributed by atoms with Gasteiger partial charge in [-0.3, -0.25) is 19.3 Å². The van der Waals surface area contributed by atoms with Gasteiger partial charge in [-0.15, -0.1) is 0 Å². The van der Waals surface area contributed by atoms with E-state index in [1.54, 1.807) is 6.07 Å². The number of carbonyl (C=O) groups is 3. The predicted molar refractivity (Wildman–Crippen MR) is 132 cm³/mol. The van der Waals surface area contributed by atoms with Gasteiger partial charge in [-0.05, 0) is 49.9 Å². The van der Waals surface area contributed by atoms with Crippen LogP contribution in [-0.2, 0) is 14.3 Å². The van der Waals surface area contributed by atoms with Gasteiger partial charge in [0.05, 0.1) is 12.5 Å². The average molecular weight is 487 g/mol. The van der Waals surface area contributed by atoms with Crippen molar-refractivity contribution in [2.75, 3.05) is 44.2 Å². The molecule has 192 valence electrons. The molecule has 3 fully saturated rings. The van der Waals surface area contributed by atoms with Crippen LogP contribution in [0.4, 0.5) is 5.69 Å². The van der Waals surface area contributed by atoms with Gasteiger partial charge in [-0.25, -0.2) is 0 Å². The molecule has 1 aromatic carbocycles. The van der Waals surface area contributed by atoms with Crippen molar-refractivity contribution in [1.82, 2.24) is 9.80 Å². The molecule has 2 amide bonds. The molecule has 0 bridgehead atoms. The predicted octanol–water partition coefficient (Wildman–Crippen LogP) is 0.985. The summed E-state index contributed by atoms with van der Waals surface area (Å²) in [5.74, 6) is -1.56. The number of aliphatic hydroxyl groups excluding tert-OH is 1. The molecule has 3 N–H and O–H groups in total. The van der Waals surface area contributed by atoms with Crippen LogP contribution in [0.2, 0.25) is 0 Å². The van der Waals surface area contributed by atoms with E-state index in [2.05, 4.69) is 23.6 Å². The minimum Gasteiger partial charge on any atom is -0.388 e. The Balaban J connectivity index is 1.68. The first-order valence-electron chi connectivity index (χ1n) is 12.6. The Morgan fingerprint density at radius 3 is 2.43 bits per heavy atom. The molecule has 3 aliphatic heterocycles. The van der Waals surface area contributed by atoms with Crippen LogP contribution in [-0.4, -0.2) is 96.1 Å². The number of nitrogens with two attached hydrogens (primary N) is 1. The summed E-state index contributed by atoms with van der Waals surface area (Å²) in [6.45, 7) is 11.9. The van der Waals surface area contributed by atoms with Gasteiger partial charge in [-0.2, -0.15) is 0 Å². The van der Waals surface area contributed by atoms with Crippen LogP contribution in [0.3, 0.4) is 0 Å². The minimum atomic E-state index is -0.908. The number of likely N-dealkylation sites (tertiary alicyclic amines) is 1. The molecule has 9 heteroatoms. The average Bonchev–Trinajstić information content (AvgIpc) is 3.37. The summed E-state index contributed by atoms with van der Waals surface area (Å²) in [4.78, 5) is 45.0. The Kier molecular flexibility index (Phi) is 7.49. The molecule has 0 aromatic heterocycles. The highest BCUT2D eigenvalue weighted by molar-refractivity contribution is 5.99. The lowest BCUT2D eigenvalue weighted by atomic mass is 9.85. The molecule has 0 aliphatic carbocycles. The van der Waals surface area contributed by atoms with Crippen molar-refractivity contribution in [2.45, 2.75) is 64.3 Å². The molecule has 9 nitrogen and oxygen atoms in total. The number of primary amides is 1. The van der Waals surface area contributed by atoms with E-state index in [1.807, 2.05) is 26.0 Å². The van der Waals surface area contributed by atoms with Crippen molar-refractivity contribution in [3.05, 3.63) is 29.3 Å². The van der Waals surface area contributed by atoms with Crippen LogP contribution in [0.15, 0.2) is 18.2 Å². The number of nitrogens with zero attached hydrogens (tertiary/aromatic N) is 3. The number of amides is 2. The number of anilines is 1. The number of ketones is 1. The van der Waals surface area contributed by atoms with E-state index in [-0.39, 0.29) is 30.8 Å². The Morgan fingerprint density at radius 2 is 1.83 bits per heavy atom. The molecule has 0 saturated carbocycles. The lowest BCUT2D eigenvalue weighted by Gasteiger charge is -2.38. The van der Waals surface area contributed by atoms with Crippen molar-refractivity contribution in [2.24, 2.45) is 11.7 Å². The fraction of sp³-hybridized carbons (Fsp3) is 0.654. The molecule has 4 atom stereocenters. The smallest absolute Gasteiger partial charge is 0.249 e. The summed E-state index contributed by atoms with van der Waals surface area (Å²) in [7, 11) is 0. The highest BCUT2D eigenvalue weighted by Crippen LogP contribution is 2.36. The molecule has 0 spiro atoms. The second-order valence-corrected chi connectivity index (χ2v) is 10.7. The summed E-state index contributed by atoms with van der Waals surface area (Å²) in [6.07, 6.45) is -1.11. The maximum absolute atomic E-state index is 13.9. The van der Waals surface area contributed by atoms with E-state index in [9.17, 15) is 19.5 Å². The van der Waals surface area contributed by atoms with Gasteiger partial charge in [0.2, 0.25) is 11.8 Å². The van der Waals surface area contributed by atoms with E-state index < -0.39 is 30.1 Å². The molecule has 3 aliphatic rings. The first-order chi connectivity index (χ1) is 16.6. The molecular weight excluding hydrogens is 448 g/mol. The van der Waals surface area contributed by atoms with Crippen molar-refractivity contribution < 1.29 is 24.2 Å². The monoisotopic (exact) mass is 486 g/mol. The minimum absolute atomic E-state index is 0.0389. The van der Waals surface area contributed by atoms with Gasteiger partial charge in [-0.1, -0.05) is 13.8 Å². The van der Waals surface area contributed by atoms with Crippen LogP contribution in [0.5, 0.6) is 0 Å². The van der Waals surface area contributed by atoms with Crippen LogP contribution < -0.4 is 10.6 Å². The van der Waals surface area contributed by atoms with Crippen LogP contribution in [0.1, 0.15) is 56.0 Å². The normalized spacial score (nSPS) is 26.0. The third-order valence-corrected chi connectivity index (χ3v) is 7.53. The number of fused-ring (bicyclic) bond motifs is 1. The number of ether oxygens (including phenoxy) is 1. The fourth-order valence-electron chi connectivity index (χ4n) is 5.65. The summed E-state index contributed by atoms with van der Waals surface area (Å²) < 4.78 is 5.46. The van der Waals surface area contributed by atoms with Crippen molar-refractivity contribution in [3.8, 4) is 0 Å². The van der Waals surface area contributed by atoms with Crippen molar-refractivity contribution in [3.63, 3.8) is 0 Å². The largest absolute Gasteiger partial charge is 0.388 e. The van der Waals surface area contributed by atoms with Crippen molar-refractivity contribution in [1.29, 1.82) is 0 Å². The molecule has 0 unspecified atom stereocenters. The fourth-order valence-corrected chi connectivity index (χ4v) is 5.65. The molecule has 4 rings (SSSR count). The third-order valence-electron chi connectivity index (χ3n) is 7.53. The van der Waals surface area contributed by atoms with Gasteiger partial charge in [0, 0.05) is 43.5 Å². The number of Topliss-reactive ketones (excluding diaryl/α,β-unsaturated/α-hetero) is 1. The van der Waals surface area contributed by atoms with Crippen LogP contribution >= 0.6 is 0 Å². The molecular formula is C26H38N4O5. The van der Waals surface area contributed by atoms with Gasteiger partial charge < -0.3 is 25.4 Å². The van der Waals surface area contributed by atoms with Crippen molar-refractivity contribution >= 4 is 23.3 Å². The van der Waals surface area contributed by atoms with E-state index >= 15 is 0 Å². The summed E-state index contributed by atoms with van der Waals surface area (Å²) in [6, 6.07) is 5.24. The first-order valence-corrected chi connectivity index (χ1v) is 12.6. The number of carbonyl (C=O) groups excluding carboxylic acids is 3. The highest BCUT2D eigenvalue weighted by atomic mass is 16.5. The van der Waals surface area contributed by atoms with Gasteiger partial charge in [0.15, 0.2) is 5.78 Å². The SMILES string of the molecule is CC(C)C[C@H](C(=O)N1C[C@@H](O)[C@H]2OCC(=O)[C@H]21)c1cc(N2CCN(C(C)C)CC2)ccc1C(N)=O. The van der Waals surface area contributed by atoms with E-state index in [1.165, 1.54) is 4.90 Å².